The van der Waals surface area contributed by atoms with Crippen molar-refractivity contribution in [1.29, 1.82) is 0 Å². The molecule has 0 bridgehead atoms. The smallest absolute Gasteiger partial charge is 0.134 e. The number of phenolic OH excluding ortho intramolecular Hbond substituents is 1. The van der Waals surface area contributed by atoms with Crippen molar-refractivity contribution in [3.05, 3.63) is 64.7 Å². The number of nitrogens with one attached hydrogen (secondary N) is 1. The molecule has 0 saturated heterocycles. The molecule has 2 aromatic carbocycles. The van der Waals surface area contributed by atoms with Gasteiger partial charge in [0.15, 0.2) is 0 Å². The molecule has 0 aliphatic heterocycles. The Balaban J connectivity index is 1.88. The number of aromatic hydroxyl groups is 1. The van der Waals surface area contributed by atoms with Gasteiger partial charge in [-0.05, 0) is 30.0 Å². The zero-order valence-corrected chi connectivity index (χ0v) is 15.2. The Morgan fingerprint density at radius 2 is 1.72 bits per heavy atom. The highest BCUT2D eigenvalue weighted by atomic mass is 35.5. The van der Waals surface area contributed by atoms with E-state index in [1.54, 1.807) is 12.1 Å². The summed E-state index contributed by atoms with van der Waals surface area (Å²) in [7, 11) is 0. The number of hydrogen-bond acceptors (Lipinski definition) is 3. The van der Waals surface area contributed by atoms with Crippen molar-refractivity contribution >= 4 is 11.6 Å². The molecule has 1 atom stereocenters. The molecule has 2 aromatic rings. The Morgan fingerprint density at radius 1 is 1.00 bits per heavy atom. The van der Waals surface area contributed by atoms with Crippen molar-refractivity contribution in [2.75, 3.05) is 6.61 Å². The second-order valence-corrected chi connectivity index (χ2v) is 7.43. The Bertz CT molecular complexity index is 684. The molecule has 0 heterocycles. The Morgan fingerprint density at radius 3 is 2.40 bits per heavy atom. The number of benzene rings is 2. The number of aliphatic hydroxyl groups excluding tert-OH is 1. The van der Waals surface area contributed by atoms with Gasteiger partial charge < -0.3 is 15.5 Å². The van der Waals surface area contributed by atoms with Gasteiger partial charge >= 0.3 is 0 Å². The molecule has 3 nitrogen and oxygen atoms in total. The Hall–Kier alpha value is -1.55. The van der Waals surface area contributed by atoms with Crippen LogP contribution in [0.2, 0.25) is 5.02 Å². The van der Waals surface area contributed by atoms with Gasteiger partial charge in [-0.15, -0.1) is 0 Å². The Kier molecular flexibility index (Phi) is 6.00. The maximum Gasteiger partial charge on any atom is 0.134 e. The van der Waals surface area contributed by atoms with E-state index in [1.807, 2.05) is 24.3 Å². The highest BCUT2D eigenvalue weighted by Gasteiger charge is 2.40. The standard InChI is InChI=1S/C21H26ClNO2/c22-19-17(10-7-11-18(19)25)14-23-20(16-8-3-1-4-9-16)21(15-24)12-5-2-6-13-21/h1,3-4,7-11,20,23-25H,2,5-6,12-15H2. The van der Waals surface area contributed by atoms with Gasteiger partial charge in [0, 0.05) is 18.0 Å². The third kappa shape index (κ3) is 4.00. The van der Waals surface area contributed by atoms with Crippen LogP contribution in [0.1, 0.15) is 49.3 Å². The van der Waals surface area contributed by atoms with E-state index in [-0.39, 0.29) is 23.8 Å². The van der Waals surface area contributed by atoms with Crippen LogP contribution >= 0.6 is 11.6 Å². The predicted molar refractivity (Wildman–Crippen MR) is 102 cm³/mol. The maximum absolute atomic E-state index is 10.3. The van der Waals surface area contributed by atoms with E-state index in [1.165, 1.54) is 12.0 Å². The van der Waals surface area contributed by atoms with Gasteiger partial charge in [0.1, 0.15) is 5.75 Å². The highest BCUT2D eigenvalue weighted by Crippen LogP contribution is 2.46. The molecule has 1 aliphatic carbocycles. The molecule has 3 rings (SSSR count). The van der Waals surface area contributed by atoms with Crippen LogP contribution in [0, 0.1) is 5.41 Å². The van der Waals surface area contributed by atoms with Crippen LogP contribution < -0.4 is 5.32 Å². The molecule has 1 saturated carbocycles. The van der Waals surface area contributed by atoms with Gasteiger partial charge in [0.25, 0.3) is 0 Å². The lowest BCUT2D eigenvalue weighted by Crippen LogP contribution is -2.42. The van der Waals surface area contributed by atoms with Crippen LogP contribution in [-0.2, 0) is 6.54 Å². The summed E-state index contributed by atoms with van der Waals surface area (Å²) in [5.74, 6) is 0.103. The zero-order valence-electron chi connectivity index (χ0n) is 14.4. The van der Waals surface area contributed by atoms with Crippen LogP contribution in [0.4, 0.5) is 0 Å². The van der Waals surface area contributed by atoms with Crippen molar-refractivity contribution in [3.8, 4) is 5.75 Å². The summed E-state index contributed by atoms with van der Waals surface area (Å²) >= 11 is 6.24. The van der Waals surface area contributed by atoms with Crippen molar-refractivity contribution in [3.63, 3.8) is 0 Å². The summed E-state index contributed by atoms with van der Waals surface area (Å²) in [6.07, 6.45) is 5.58. The summed E-state index contributed by atoms with van der Waals surface area (Å²) in [6.45, 7) is 0.724. The SMILES string of the molecule is OCC1(C(NCc2cccc(O)c2Cl)c2ccccc2)CCCCC1. The maximum atomic E-state index is 10.3. The van der Waals surface area contributed by atoms with E-state index in [2.05, 4.69) is 17.4 Å². The normalized spacial score (nSPS) is 18.0. The number of rotatable bonds is 6. The second kappa shape index (κ2) is 8.22. The minimum absolute atomic E-state index is 0.0532. The zero-order chi connectivity index (χ0) is 17.7. The molecule has 1 fully saturated rings. The first kappa shape index (κ1) is 18.2. The predicted octanol–water partition coefficient (Wildman–Crippen LogP) is 4.82. The van der Waals surface area contributed by atoms with Gasteiger partial charge in [-0.3, -0.25) is 0 Å². The van der Waals surface area contributed by atoms with Gasteiger partial charge in [-0.2, -0.15) is 0 Å². The fraction of sp³-hybridized carbons (Fsp3) is 0.429. The first-order valence-corrected chi connectivity index (χ1v) is 9.40. The molecule has 134 valence electrons. The number of hydrogen-bond donors (Lipinski definition) is 3. The third-order valence-electron chi connectivity index (χ3n) is 5.46. The highest BCUT2D eigenvalue weighted by molar-refractivity contribution is 6.32. The molecule has 0 amide bonds. The lowest BCUT2D eigenvalue weighted by Gasteiger charge is -2.43. The minimum atomic E-state index is -0.150. The number of phenols is 1. The summed E-state index contributed by atoms with van der Waals surface area (Å²) in [5, 5.41) is 24.1. The number of aliphatic hydroxyl groups is 1. The van der Waals surface area contributed by atoms with Crippen molar-refractivity contribution < 1.29 is 10.2 Å². The second-order valence-electron chi connectivity index (χ2n) is 7.06. The lowest BCUT2D eigenvalue weighted by atomic mass is 9.67. The van der Waals surface area contributed by atoms with E-state index >= 15 is 0 Å². The van der Waals surface area contributed by atoms with Crippen molar-refractivity contribution in [2.45, 2.75) is 44.7 Å². The van der Waals surface area contributed by atoms with Crippen LogP contribution in [0.3, 0.4) is 0 Å². The molecule has 0 radical (unpaired) electrons. The summed E-state index contributed by atoms with van der Waals surface area (Å²) in [4.78, 5) is 0. The minimum Gasteiger partial charge on any atom is -0.506 e. The summed E-state index contributed by atoms with van der Waals surface area (Å²) < 4.78 is 0. The van der Waals surface area contributed by atoms with Gasteiger partial charge in [-0.25, -0.2) is 0 Å². The topological polar surface area (TPSA) is 52.5 Å². The van der Waals surface area contributed by atoms with Gasteiger partial charge in [0.2, 0.25) is 0 Å². The summed E-state index contributed by atoms with van der Waals surface area (Å²) in [5.41, 5.74) is 1.91. The van der Waals surface area contributed by atoms with Crippen molar-refractivity contribution in [2.24, 2.45) is 5.41 Å². The first-order chi connectivity index (χ1) is 12.2. The van der Waals surface area contributed by atoms with E-state index < -0.39 is 0 Å². The molecular weight excluding hydrogens is 334 g/mol. The fourth-order valence-corrected chi connectivity index (χ4v) is 4.23. The molecule has 1 unspecified atom stereocenters. The number of halogens is 1. The largest absolute Gasteiger partial charge is 0.506 e. The van der Waals surface area contributed by atoms with Crippen molar-refractivity contribution in [1.82, 2.24) is 5.32 Å². The third-order valence-corrected chi connectivity index (χ3v) is 5.90. The quantitative estimate of drug-likeness (QED) is 0.693. The first-order valence-electron chi connectivity index (χ1n) is 9.02. The molecular formula is C21H26ClNO2. The molecule has 1 aliphatic rings. The van der Waals surface area contributed by atoms with E-state index in [0.29, 0.717) is 11.6 Å². The van der Waals surface area contributed by atoms with Crippen LogP contribution in [-0.4, -0.2) is 16.8 Å². The Labute approximate surface area is 154 Å². The van der Waals surface area contributed by atoms with Crippen LogP contribution in [0.15, 0.2) is 48.5 Å². The van der Waals surface area contributed by atoms with E-state index in [9.17, 15) is 10.2 Å². The molecule has 4 heteroatoms. The van der Waals surface area contributed by atoms with Crippen LogP contribution in [0.25, 0.3) is 0 Å². The molecule has 3 N–H and O–H groups in total. The van der Waals surface area contributed by atoms with E-state index in [4.69, 9.17) is 11.6 Å². The summed E-state index contributed by atoms with van der Waals surface area (Å²) in [6, 6.07) is 15.7. The molecule has 0 spiro atoms. The average Bonchev–Trinajstić information content (AvgIpc) is 2.67. The fourth-order valence-electron chi connectivity index (χ4n) is 4.04. The van der Waals surface area contributed by atoms with Gasteiger partial charge in [0.05, 0.1) is 11.6 Å². The van der Waals surface area contributed by atoms with Crippen LogP contribution in [0.5, 0.6) is 5.75 Å². The monoisotopic (exact) mass is 359 g/mol. The van der Waals surface area contributed by atoms with E-state index in [0.717, 1.165) is 31.2 Å². The molecule has 0 aromatic heterocycles. The lowest BCUT2D eigenvalue weighted by molar-refractivity contribution is 0.0410. The van der Waals surface area contributed by atoms with Gasteiger partial charge in [-0.1, -0.05) is 73.3 Å². The average molecular weight is 360 g/mol. The molecule has 25 heavy (non-hydrogen) atoms.